The van der Waals surface area contributed by atoms with Gasteiger partial charge in [-0.2, -0.15) is 0 Å². The predicted octanol–water partition coefficient (Wildman–Crippen LogP) is 2.78. The van der Waals surface area contributed by atoms with Crippen molar-refractivity contribution in [3.8, 4) is 22.9 Å². The SMILES string of the molecule is COc1cccc(OC)c1OCC(O)CNC(=O)c1cnc(SC)n1-c1ccccc1. The fourth-order valence-electron chi connectivity index (χ4n) is 2.96. The van der Waals surface area contributed by atoms with Crippen molar-refractivity contribution in [1.82, 2.24) is 14.9 Å². The van der Waals surface area contributed by atoms with Gasteiger partial charge < -0.3 is 24.6 Å². The highest BCUT2D eigenvalue weighted by molar-refractivity contribution is 7.98. The average Bonchev–Trinajstić information content (AvgIpc) is 3.25. The summed E-state index contributed by atoms with van der Waals surface area (Å²) < 4.78 is 18.0. The lowest BCUT2D eigenvalue weighted by Gasteiger charge is -2.17. The molecule has 1 amide bonds. The van der Waals surface area contributed by atoms with Crippen LogP contribution in [0.1, 0.15) is 10.5 Å². The van der Waals surface area contributed by atoms with Gasteiger partial charge in [-0.05, 0) is 30.5 Å². The number of nitrogens with zero attached hydrogens (tertiary/aromatic N) is 2. The van der Waals surface area contributed by atoms with E-state index in [9.17, 15) is 9.90 Å². The summed E-state index contributed by atoms with van der Waals surface area (Å²) in [6.07, 6.45) is 2.49. The summed E-state index contributed by atoms with van der Waals surface area (Å²) in [5.74, 6) is 1.04. The molecule has 0 radical (unpaired) electrons. The van der Waals surface area contributed by atoms with Crippen LogP contribution < -0.4 is 19.5 Å². The Morgan fingerprint density at radius 2 is 1.81 bits per heavy atom. The van der Waals surface area contributed by atoms with Crippen molar-refractivity contribution in [3.05, 3.63) is 60.4 Å². The molecule has 9 heteroatoms. The lowest BCUT2D eigenvalue weighted by atomic mass is 10.3. The molecular formula is C22H25N3O5S. The van der Waals surface area contributed by atoms with Crippen LogP contribution in [-0.2, 0) is 0 Å². The maximum Gasteiger partial charge on any atom is 0.270 e. The third-order valence-electron chi connectivity index (χ3n) is 4.46. The molecule has 3 rings (SSSR count). The number of imidazole rings is 1. The minimum atomic E-state index is -0.938. The normalized spacial score (nSPS) is 11.6. The molecule has 0 bridgehead atoms. The standard InChI is InChI=1S/C22H25N3O5S/c1-28-18-10-7-11-19(29-2)20(18)30-14-16(26)12-23-21(27)17-13-24-22(31-3)25(17)15-8-5-4-6-9-15/h4-11,13,16,26H,12,14H2,1-3H3,(H,23,27). The van der Waals surface area contributed by atoms with Crippen LogP contribution in [0.2, 0.25) is 0 Å². The van der Waals surface area contributed by atoms with Crippen molar-refractivity contribution in [2.24, 2.45) is 0 Å². The summed E-state index contributed by atoms with van der Waals surface area (Å²) in [5.41, 5.74) is 1.22. The highest BCUT2D eigenvalue weighted by Gasteiger charge is 2.19. The molecule has 1 aromatic heterocycles. The molecule has 2 N–H and O–H groups in total. The van der Waals surface area contributed by atoms with Gasteiger partial charge in [0, 0.05) is 12.2 Å². The van der Waals surface area contributed by atoms with Crippen molar-refractivity contribution in [2.45, 2.75) is 11.3 Å². The largest absolute Gasteiger partial charge is 0.493 e. The molecule has 1 atom stereocenters. The van der Waals surface area contributed by atoms with Gasteiger partial charge in [0.15, 0.2) is 16.7 Å². The van der Waals surface area contributed by atoms with E-state index in [1.165, 1.54) is 32.2 Å². The summed E-state index contributed by atoms with van der Waals surface area (Å²) in [5, 5.41) is 13.8. The Bertz CT molecular complexity index is 987. The van der Waals surface area contributed by atoms with E-state index in [4.69, 9.17) is 14.2 Å². The van der Waals surface area contributed by atoms with Crippen LogP contribution in [-0.4, -0.2) is 60.3 Å². The van der Waals surface area contributed by atoms with Gasteiger partial charge in [-0.15, -0.1) is 0 Å². The number of aliphatic hydroxyl groups is 1. The summed E-state index contributed by atoms with van der Waals surface area (Å²) in [4.78, 5) is 17.1. The molecule has 2 aromatic carbocycles. The first-order valence-electron chi connectivity index (χ1n) is 9.56. The zero-order valence-electron chi connectivity index (χ0n) is 17.6. The first-order chi connectivity index (χ1) is 15.1. The number of aromatic nitrogens is 2. The van der Waals surface area contributed by atoms with Gasteiger partial charge in [-0.1, -0.05) is 36.0 Å². The minimum Gasteiger partial charge on any atom is -0.493 e. The summed E-state index contributed by atoms with van der Waals surface area (Å²) in [6.45, 7) is -0.0457. The van der Waals surface area contributed by atoms with Crippen molar-refractivity contribution >= 4 is 17.7 Å². The Labute approximate surface area is 185 Å². The average molecular weight is 444 g/mol. The molecule has 1 heterocycles. The van der Waals surface area contributed by atoms with E-state index in [1.54, 1.807) is 22.8 Å². The smallest absolute Gasteiger partial charge is 0.270 e. The highest BCUT2D eigenvalue weighted by atomic mass is 32.2. The number of hydrogen-bond donors (Lipinski definition) is 2. The number of hydrogen-bond acceptors (Lipinski definition) is 7. The van der Waals surface area contributed by atoms with E-state index in [-0.39, 0.29) is 19.1 Å². The summed E-state index contributed by atoms with van der Waals surface area (Å²) in [6, 6.07) is 14.8. The van der Waals surface area contributed by atoms with E-state index in [1.807, 2.05) is 36.6 Å². The Kier molecular flexibility index (Phi) is 7.80. The minimum absolute atomic E-state index is 0.00483. The molecular weight excluding hydrogens is 418 g/mol. The van der Waals surface area contributed by atoms with E-state index in [0.29, 0.717) is 28.1 Å². The number of aliphatic hydroxyl groups excluding tert-OH is 1. The van der Waals surface area contributed by atoms with Crippen molar-refractivity contribution in [3.63, 3.8) is 0 Å². The van der Waals surface area contributed by atoms with Gasteiger partial charge in [0.25, 0.3) is 5.91 Å². The van der Waals surface area contributed by atoms with Crippen LogP contribution in [0, 0.1) is 0 Å². The molecule has 8 nitrogen and oxygen atoms in total. The first kappa shape index (κ1) is 22.5. The number of carbonyl (C=O) groups excluding carboxylic acids is 1. The van der Waals surface area contributed by atoms with E-state index in [2.05, 4.69) is 10.3 Å². The first-order valence-corrected chi connectivity index (χ1v) is 10.8. The quantitative estimate of drug-likeness (QED) is 0.465. The molecule has 164 valence electrons. The van der Waals surface area contributed by atoms with Gasteiger partial charge in [0.2, 0.25) is 5.75 Å². The number of thioether (sulfide) groups is 1. The van der Waals surface area contributed by atoms with Gasteiger partial charge in [-0.25, -0.2) is 4.98 Å². The van der Waals surface area contributed by atoms with Crippen LogP contribution in [0.15, 0.2) is 59.9 Å². The van der Waals surface area contributed by atoms with Crippen LogP contribution in [0.5, 0.6) is 17.2 Å². The topological polar surface area (TPSA) is 94.8 Å². The fraction of sp³-hybridized carbons (Fsp3) is 0.273. The molecule has 0 aliphatic heterocycles. The van der Waals surface area contributed by atoms with E-state index in [0.717, 1.165) is 5.69 Å². The number of para-hydroxylation sites is 2. The van der Waals surface area contributed by atoms with Gasteiger partial charge in [0.1, 0.15) is 18.4 Å². The maximum atomic E-state index is 12.8. The van der Waals surface area contributed by atoms with Crippen molar-refractivity contribution in [1.29, 1.82) is 0 Å². The van der Waals surface area contributed by atoms with Crippen LogP contribution in [0.3, 0.4) is 0 Å². The number of benzene rings is 2. The molecule has 0 saturated heterocycles. The monoisotopic (exact) mass is 443 g/mol. The second-order valence-electron chi connectivity index (χ2n) is 6.47. The molecule has 0 aliphatic rings. The van der Waals surface area contributed by atoms with E-state index >= 15 is 0 Å². The van der Waals surface area contributed by atoms with Gasteiger partial charge in [0.05, 0.1) is 20.4 Å². The Morgan fingerprint density at radius 1 is 1.13 bits per heavy atom. The number of nitrogens with one attached hydrogen (secondary N) is 1. The molecule has 0 aliphatic carbocycles. The molecule has 1 unspecified atom stereocenters. The zero-order chi connectivity index (χ0) is 22.2. The highest BCUT2D eigenvalue weighted by Crippen LogP contribution is 2.36. The summed E-state index contributed by atoms with van der Waals surface area (Å²) in [7, 11) is 3.05. The van der Waals surface area contributed by atoms with E-state index < -0.39 is 6.10 Å². The van der Waals surface area contributed by atoms with Crippen LogP contribution >= 0.6 is 11.8 Å². The number of rotatable bonds is 10. The number of methoxy groups -OCH3 is 2. The van der Waals surface area contributed by atoms with Crippen molar-refractivity contribution in [2.75, 3.05) is 33.6 Å². The fourth-order valence-corrected chi connectivity index (χ4v) is 3.51. The Balaban J connectivity index is 1.64. The zero-order valence-corrected chi connectivity index (χ0v) is 18.4. The second-order valence-corrected chi connectivity index (χ2v) is 7.24. The van der Waals surface area contributed by atoms with Crippen molar-refractivity contribution < 1.29 is 24.1 Å². The number of amides is 1. The Hall–Kier alpha value is -3.17. The lowest BCUT2D eigenvalue weighted by Crippen LogP contribution is -2.36. The lowest BCUT2D eigenvalue weighted by molar-refractivity contribution is 0.0828. The number of ether oxygens (including phenoxy) is 3. The summed E-state index contributed by atoms with van der Waals surface area (Å²) >= 11 is 1.44. The Morgan fingerprint density at radius 3 is 2.42 bits per heavy atom. The molecule has 0 saturated carbocycles. The second kappa shape index (κ2) is 10.7. The third kappa shape index (κ3) is 5.31. The van der Waals surface area contributed by atoms with Gasteiger partial charge >= 0.3 is 0 Å². The molecule has 0 fully saturated rings. The molecule has 0 spiro atoms. The van der Waals surface area contributed by atoms with Crippen LogP contribution in [0.25, 0.3) is 5.69 Å². The van der Waals surface area contributed by atoms with Gasteiger partial charge in [-0.3, -0.25) is 9.36 Å². The molecule has 31 heavy (non-hydrogen) atoms. The number of carbonyl (C=O) groups is 1. The van der Waals surface area contributed by atoms with Crippen LogP contribution in [0.4, 0.5) is 0 Å². The third-order valence-corrected chi connectivity index (χ3v) is 5.11. The predicted molar refractivity (Wildman–Crippen MR) is 119 cm³/mol. The maximum absolute atomic E-state index is 12.8. The molecule has 3 aromatic rings.